The van der Waals surface area contributed by atoms with E-state index in [1.54, 1.807) is 30.3 Å². The second-order valence-electron chi connectivity index (χ2n) is 7.59. The highest BCUT2D eigenvalue weighted by atomic mass is 32.2. The third kappa shape index (κ3) is 6.65. The van der Waals surface area contributed by atoms with Gasteiger partial charge in [-0.1, -0.05) is 42.5 Å². The van der Waals surface area contributed by atoms with E-state index in [9.17, 15) is 13.2 Å². The van der Waals surface area contributed by atoms with Crippen LogP contribution in [0.2, 0.25) is 0 Å². The van der Waals surface area contributed by atoms with Gasteiger partial charge >= 0.3 is 0 Å². The number of carbonyl (C=O) groups is 1. The van der Waals surface area contributed by atoms with Crippen LogP contribution in [0.4, 0.5) is 0 Å². The van der Waals surface area contributed by atoms with Gasteiger partial charge in [0.2, 0.25) is 15.9 Å². The van der Waals surface area contributed by atoms with E-state index in [0.717, 1.165) is 11.1 Å². The number of quaternary nitrogens is 1. The molecule has 3 aromatic rings. The summed E-state index contributed by atoms with van der Waals surface area (Å²) in [7, 11) is 0.456. The summed E-state index contributed by atoms with van der Waals surface area (Å²) in [5.41, 5.74) is 1.89. The Balaban J connectivity index is 1.55. The summed E-state index contributed by atoms with van der Waals surface area (Å²) >= 11 is 0. The number of benzene rings is 2. The molecular weight excluding hydrogens is 426 g/mol. The number of carbonyl (C=O) groups excluding carboxylic acids is 1. The van der Waals surface area contributed by atoms with Gasteiger partial charge in [-0.3, -0.25) is 4.79 Å². The van der Waals surface area contributed by atoms with Crippen molar-refractivity contribution >= 4 is 22.0 Å². The van der Waals surface area contributed by atoms with Crippen molar-refractivity contribution < 1.29 is 22.5 Å². The smallest absolute Gasteiger partial charge is 0.244 e. The number of amides is 1. The first-order valence-electron chi connectivity index (χ1n) is 10.3. The molecule has 0 saturated carbocycles. The summed E-state index contributed by atoms with van der Waals surface area (Å²) in [6.45, 7) is 0.587. The Morgan fingerprint density at radius 3 is 2.38 bits per heavy atom. The molecule has 168 valence electrons. The Morgan fingerprint density at radius 1 is 1.03 bits per heavy atom. The molecule has 7 nitrogen and oxygen atoms in total. The van der Waals surface area contributed by atoms with Gasteiger partial charge < -0.3 is 14.6 Å². The molecule has 0 unspecified atom stereocenters. The van der Waals surface area contributed by atoms with Crippen molar-refractivity contribution in [3.8, 4) is 0 Å². The Kier molecular flexibility index (Phi) is 7.99. The highest BCUT2D eigenvalue weighted by molar-refractivity contribution is 7.89. The first kappa shape index (κ1) is 23.5. The van der Waals surface area contributed by atoms with Gasteiger partial charge in [0.15, 0.2) is 0 Å². The Bertz CT molecular complexity index is 1120. The van der Waals surface area contributed by atoms with E-state index in [0.29, 0.717) is 12.3 Å². The lowest BCUT2D eigenvalue weighted by Crippen LogP contribution is -3.07. The second kappa shape index (κ2) is 10.9. The minimum atomic E-state index is -3.65. The monoisotopic (exact) mass is 454 g/mol. The maximum atomic E-state index is 12.4. The van der Waals surface area contributed by atoms with Crippen molar-refractivity contribution in [2.24, 2.45) is 0 Å². The highest BCUT2D eigenvalue weighted by Gasteiger charge is 2.18. The molecule has 1 atom stereocenters. The van der Waals surface area contributed by atoms with Crippen LogP contribution in [0.1, 0.15) is 22.9 Å². The third-order valence-corrected chi connectivity index (χ3v) is 6.43. The number of furan rings is 1. The lowest BCUT2D eigenvalue weighted by molar-refractivity contribution is -0.890. The second-order valence-corrected chi connectivity index (χ2v) is 9.36. The molecule has 8 heteroatoms. The summed E-state index contributed by atoms with van der Waals surface area (Å²) in [5.74, 6) is 0.327. The van der Waals surface area contributed by atoms with E-state index >= 15 is 0 Å². The van der Waals surface area contributed by atoms with Crippen LogP contribution < -0.4 is 14.9 Å². The molecule has 3 rings (SSSR count). The van der Waals surface area contributed by atoms with Crippen LogP contribution in [0.5, 0.6) is 0 Å². The van der Waals surface area contributed by atoms with Gasteiger partial charge in [0.1, 0.15) is 11.8 Å². The molecule has 0 saturated heterocycles. The lowest BCUT2D eigenvalue weighted by atomic mass is 10.1. The Hall–Kier alpha value is -3.20. The van der Waals surface area contributed by atoms with Crippen LogP contribution in [0.25, 0.3) is 6.08 Å². The third-order valence-electron chi connectivity index (χ3n) is 5.01. The predicted octanol–water partition coefficient (Wildman–Crippen LogP) is 1.77. The topological polar surface area (TPSA) is 92.9 Å². The molecule has 0 spiro atoms. The molecule has 0 fully saturated rings. The fourth-order valence-corrected chi connectivity index (χ4v) is 4.19. The fourth-order valence-electron chi connectivity index (χ4n) is 3.19. The minimum Gasteiger partial charge on any atom is -0.468 e. The molecule has 0 bridgehead atoms. The van der Waals surface area contributed by atoms with E-state index in [-0.39, 0.29) is 23.4 Å². The molecule has 0 aliphatic carbocycles. The number of sulfonamides is 1. The summed E-state index contributed by atoms with van der Waals surface area (Å²) in [5, 5.41) is 2.94. The molecule has 1 amide bonds. The van der Waals surface area contributed by atoms with E-state index in [4.69, 9.17) is 4.42 Å². The first-order chi connectivity index (χ1) is 15.3. The van der Waals surface area contributed by atoms with E-state index in [1.807, 2.05) is 18.2 Å². The van der Waals surface area contributed by atoms with Crippen molar-refractivity contribution in [1.82, 2.24) is 10.0 Å². The van der Waals surface area contributed by atoms with Crippen molar-refractivity contribution in [3.05, 3.63) is 96.0 Å². The van der Waals surface area contributed by atoms with Gasteiger partial charge in [0.05, 0.1) is 38.3 Å². The lowest BCUT2D eigenvalue weighted by Gasteiger charge is -2.21. The normalized spacial score (nSPS) is 12.8. The zero-order valence-corrected chi connectivity index (χ0v) is 18.9. The van der Waals surface area contributed by atoms with Gasteiger partial charge in [-0.2, -0.15) is 0 Å². The molecule has 2 aromatic carbocycles. The summed E-state index contributed by atoms with van der Waals surface area (Å²) < 4.78 is 32.4. The maximum Gasteiger partial charge on any atom is 0.244 e. The standard InChI is InChI=1S/C24H27N3O4S/c1-27(2)23(20-7-4-3-5-8-20)18-25-24(28)15-12-19-10-13-22(14-11-19)32(29,30)26-17-21-9-6-16-31-21/h3-16,23,26H,17-18H2,1-2H3,(H,25,28)/p+1/b15-12+/t23-/m1/s1. The highest BCUT2D eigenvalue weighted by Crippen LogP contribution is 2.13. The van der Waals surface area contributed by atoms with Crippen LogP contribution >= 0.6 is 0 Å². The molecule has 1 aromatic heterocycles. The van der Waals surface area contributed by atoms with Gasteiger partial charge in [-0.05, 0) is 35.9 Å². The van der Waals surface area contributed by atoms with Gasteiger partial charge in [0.25, 0.3) is 0 Å². The number of nitrogens with one attached hydrogen (secondary N) is 3. The molecule has 32 heavy (non-hydrogen) atoms. The zero-order valence-electron chi connectivity index (χ0n) is 18.1. The van der Waals surface area contributed by atoms with Crippen molar-refractivity contribution in [2.45, 2.75) is 17.5 Å². The number of hydrogen-bond donors (Lipinski definition) is 3. The average Bonchev–Trinajstić information content (AvgIpc) is 3.31. The molecule has 1 heterocycles. The summed E-state index contributed by atoms with van der Waals surface area (Å²) in [6.07, 6.45) is 4.60. The largest absolute Gasteiger partial charge is 0.468 e. The SMILES string of the molecule is C[NH+](C)[C@H](CNC(=O)/C=C/c1ccc(S(=O)(=O)NCc2ccco2)cc1)c1ccccc1. The number of rotatable bonds is 10. The first-order valence-corrected chi connectivity index (χ1v) is 11.8. The molecule has 0 radical (unpaired) electrons. The summed E-state index contributed by atoms with van der Waals surface area (Å²) in [4.78, 5) is 13.6. The van der Waals surface area contributed by atoms with Crippen molar-refractivity contribution in [3.63, 3.8) is 0 Å². The Morgan fingerprint density at radius 2 is 1.75 bits per heavy atom. The van der Waals surface area contributed by atoms with Crippen LogP contribution in [0.3, 0.4) is 0 Å². The van der Waals surface area contributed by atoms with E-state index < -0.39 is 10.0 Å². The minimum absolute atomic E-state index is 0.0792. The van der Waals surface area contributed by atoms with Crippen LogP contribution in [-0.2, 0) is 21.4 Å². The molecular formula is C24H28N3O4S+. The zero-order chi connectivity index (χ0) is 23.0. The van der Waals surface area contributed by atoms with Gasteiger partial charge in [0, 0.05) is 11.6 Å². The van der Waals surface area contributed by atoms with E-state index in [2.05, 4.69) is 36.3 Å². The van der Waals surface area contributed by atoms with Crippen molar-refractivity contribution in [1.29, 1.82) is 0 Å². The molecule has 0 aliphatic heterocycles. The number of hydrogen-bond acceptors (Lipinski definition) is 4. The number of likely N-dealkylation sites (N-methyl/N-ethyl adjacent to an activating group) is 1. The van der Waals surface area contributed by atoms with E-state index in [1.165, 1.54) is 29.4 Å². The summed E-state index contributed by atoms with van der Waals surface area (Å²) in [6, 6.07) is 19.9. The van der Waals surface area contributed by atoms with Gasteiger partial charge in [-0.25, -0.2) is 13.1 Å². The molecule has 0 aliphatic rings. The quantitative estimate of drug-likeness (QED) is 0.407. The fraction of sp³-hybridized carbons (Fsp3) is 0.208. The van der Waals surface area contributed by atoms with Gasteiger partial charge in [-0.15, -0.1) is 0 Å². The Labute approximate surface area is 188 Å². The van der Waals surface area contributed by atoms with Crippen LogP contribution in [0.15, 0.2) is 88.4 Å². The van der Waals surface area contributed by atoms with Crippen LogP contribution in [-0.4, -0.2) is 35.0 Å². The molecule has 3 N–H and O–H groups in total. The maximum absolute atomic E-state index is 12.4. The van der Waals surface area contributed by atoms with Crippen LogP contribution in [0, 0.1) is 0 Å². The van der Waals surface area contributed by atoms with Crippen molar-refractivity contribution in [2.75, 3.05) is 20.6 Å². The average molecular weight is 455 g/mol. The predicted molar refractivity (Wildman–Crippen MR) is 123 cm³/mol.